The zero-order chi connectivity index (χ0) is 5.54. The van der Waals surface area contributed by atoms with Crippen LogP contribution in [0.15, 0.2) is 0 Å². The zero-order valence-electron chi connectivity index (χ0n) is 4.83. The topological polar surface area (TPSA) is 12.0 Å². The van der Waals surface area contributed by atoms with Gasteiger partial charge in [0.2, 0.25) is 0 Å². The molecule has 0 rings (SSSR count). The van der Waals surface area contributed by atoms with Crippen molar-refractivity contribution >= 4 is 22.5 Å². The Morgan fingerprint density at radius 3 is 2.71 bits per heavy atom. The van der Waals surface area contributed by atoms with Gasteiger partial charge >= 0.3 is 58.7 Å². The normalized spacial score (nSPS) is 9.57. The van der Waals surface area contributed by atoms with E-state index in [1.807, 2.05) is 0 Å². The van der Waals surface area contributed by atoms with Crippen LogP contribution >= 0.6 is 0 Å². The van der Waals surface area contributed by atoms with Crippen LogP contribution in [0, 0.1) is 0 Å². The van der Waals surface area contributed by atoms with Crippen LogP contribution in [0.2, 0.25) is 4.44 Å². The summed E-state index contributed by atoms with van der Waals surface area (Å²) in [6.45, 7) is 4.47. The summed E-state index contributed by atoms with van der Waals surface area (Å²) in [7, 11) is 0. The SMILES string of the molecule is CCNCC[CH2][Sn+3]. The minimum absolute atomic E-state index is 1.12. The number of rotatable bonds is 4. The third-order valence-electron chi connectivity index (χ3n) is 0.780. The van der Waals surface area contributed by atoms with Gasteiger partial charge in [-0.3, -0.25) is 0 Å². The third-order valence-corrected chi connectivity index (χ3v) is 1.79. The molecule has 7 heavy (non-hydrogen) atoms. The summed E-state index contributed by atoms with van der Waals surface area (Å²) in [4.78, 5) is 0. The second-order valence-electron chi connectivity index (χ2n) is 1.46. The third kappa shape index (κ3) is 6.76. The Bertz CT molecular complexity index is 27.3. The first-order chi connectivity index (χ1) is 3.41. The van der Waals surface area contributed by atoms with Gasteiger partial charge in [-0.15, -0.1) is 0 Å². The molecule has 0 bridgehead atoms. The summed E-state index contributed by atoms with van der Waals surface area (Å²) in [6, 6.07) is 0. The van der Waals surface area contributed by atoms with E-state index in [4.69, 9.17) is 0 Å². The Kier molecular flexibility index (Phi) is 7.49. The molecular formula is C5H12NSn+3. The van der Waals surface area contributed by atoms with Gasteiger partial charge in [0.05, 0.1) is 0 Å². The van der Waals surface area contributed by atoms with E-state index in [1.165, 1.54) is 17.4 Å². The molecule has 0 aliphatic heterocycles. The Morgan fingerprint density at radius 2 is 2.29 bits per heavy atom. The Hall–Kier alpha value is 0.759. The molecule has 1 N–H and O–H groups in total. The molecule has 0 aliphatic carbocycles. The van der Waals surface area contributed by atoms with E-state index in [2.05, 4.69) is 12.2 Å². The van der Waals surface area contributed by atoms with E-state index in [0.717, 1.165) is 6.54 Å². The van der Waals surface area contributed by atoms with E-state index in [1.54, 1.807) is 22.5 Å². The molecule has 0 aromatic heterocycles. The fourth-order valence-electron chi connectivity index (χ4n) is 0.390. The molecule has 0 radical (unpaired) electrons. The first-order valence-electron chi connectivity index (χ1n) is 2.77. The summed E-state index contributed by atoms with van der Waals surface area (Å²) in [6.07, 6.45) is 1.35. The van der Waals surface area contributed by atoms with Crippen molar-refractivity contribution in [2.45, 2.75) is 17.8 Å². The summed E-state index contributed by atoms with van der Waals surface area (Å²) in [5.74, 6) is 0. The quantitative estimate of drug-likeness (QED) is 0.522. The zero-order valence-corrected chi connectivity index (χ0v) is 7.68. The summed E-state index contributed by atoms with van der Waals surface area (Å²) in [5.41, 5.74) is 0. The van der Waals surface area contributed by atoms with Crippen LogP contribution in [0.4, 0.5) is 0 Å². The number of nitrogens with one attached hydrogen (secondary N) is 1. The van der Waals surface area contributed by atoms with Crippen molar-refractivity contribution in [1.82, 2.24) is 5.32 Å². The molecule has 0 unspecified atom stereocenters. The van der Waals surface area contributed by atoms with E-state index < -0.39 is 0 Å². The predicted molar refractivity (Wildman–Crippen MR) is 33.7 cm³/mol. The Morgan fingerprint density at radius 1 is 1.57 bits per heavy atom. The molecule has 0 spiro atoms. The molecule has 0 aromatic carbocycles. The average molecular weight is 205 g/mol. The molecule has 0 aromatic rings. The maximum atomic E-state index is 3.26. The van der Waals surface area contributed by atoms with Crippen molar-refractivity contribution < 1.29 is 0 Å². The van der Waals surface area contributed by atoms with E-state index in [9.17, 15) is 0 Å². The maximum absolute atomic E-state index is 3.26. The Labute approximate surface area is 59.0 Å². The van der Waals surface area contributed by atoms with Crippen LogP contribution < -0.4 is 5.32 Å². The first kappa shape index (κ1) is 7.76. The van der Waals surface area contributed by atoms with Gasteiger partial charge in [-0.1, -0.05) is 0 Å². The number of hydrogen-bond donors (Lipinski definition) is 1. The van der Waals surface area contributed by atoms with Crippen LogP contribution in [0.1, 0.15) is 13.3 Å². The monoisotopic (exact) mass is 206 g/mol. The van der Waals surface area contributed by atoms with Crippen LogP contribution in [-0.2, 0) is 0 Å². The van der Waals surface area contributed by atoms with Gasteiger partial charge in [-0.25, -0.2) is 0 Å². The van der Waals surface area contributed by atoms with Crippen molar-refractivity contribution in [1.29, 1.82) is 0 Å². The molecule has 0 amide bonds. The van der Waals surface area contributed by atoms with Crippen LogP contribution in [0.3, 0.4) is 0 Å². The molecule has 38 valence electrons. The van der Waals surface area contributed by atoms with Gasteiger partial charge in [0.1, 0.15) is 0 Å². The minimum atomic E-state index is 1.12. The summed E-state index contributed by atoms with van der Waals surface area (Å²) < 4.78 is 1.39. The molecule has 0 saturated carbocycles. The Balaban J connectivity index is 2.45. The van der Waals surface area contributed by atoms with Crippen molar-refractivity contribution in [3.63, 3.8) is 0 Å². The summed E-state index contributed by atoms with van der Waals surface area (Å²) in [5, 5.41) is 3.26. The van der Waals surface area contributed by atoms with E-state index >= 15 is 0 Å². The van der Waals surface area contributed by atoms with Gasteiger partial charge < -0.3 is 0 Å². The average Bonchev–Trinajstić information content (AvgIpc) is 1.69. The molecule has 0 atom stereocenters. The van der Waals surface area contributed by atoms with Gasteiger partial charge in [-0.05, 0) is 0 Å². The van der Waals surface area contributed by atoms with Crippen LogP contribution in [0.5, 0.6) is 0 Å². The van der Waals surface area contributed by atoms with Gasteiger partial charge in [0.25, 0.3) is 0 Å². The second-order valence-corrected chi connectivity index (χ2v) is 2.88. The standard InChI is InChI=1S/C5H12N.Sn/c1-3-5-6-4-2;/h6H,1,3-5H2,2H3;/q;+3. The van der Waals surface area contributed by atoms with Crippen LogP contribution in [-0.4, -0.2) is 35.6 Å². The van der Waals surface area contributed by atoms with Crippen LogP contribution in [0.25, 0.3) is 0 Å². The molecular weight excluding hydrogens is 193 g/mol. The molecule has 0 fully saturated rings. The first-order valence-corrected chi connectivity index (χ1v) is 4.79. The van der Waals surface area contributed by atoms with Gasteiger partial charge in [-0.2, -0.15) is 0 Å². The van der Waals surface area contributed by atoms with Gasteiger partial charge in [0.15, 0.2) is 0 Å². The fourth-order valence-corrected chi connectivity index (χ4v) is 0.895. The molecule has 2 heteroatoms. The predicted octanol–water partition coefficient (Wildman–Crippen LogP) is 0.573. The number of hydrogen-bond acceptors (Lipinski definition) is 1. The second kappa shape index (κ2) is 6.76. The fraction of sp³-hybridized carbons (Fsp3) is 1.00. The van der Waals surface area contributed by atoms with Gasteiger partial charge in [0, 0.05) is 0 Å². The summed E-state index contributed by atoms with van der Waals surface area (Å²) >= 11 is 1.66. The molecule has 1 nitrogen and oxygen atoms in total. The molecule has 0 heterocycles. The van der Waals surface area contributed by atoms with Crippen molar-refractivity contribution in [2.75, 3.05) is 13.1 Å². The molecule has 0 saturated heterocycles. The van der Waals surface area contributed by atoms with Crippen molar-refractivity contribution in [2.24, 2.45) is 0 Å². The van der Waals surface area contributed by atoms with Crippen molar-refractivity contribution in [3.05, 3.63) is 0 Å². The molecule has 0 aliphatic rings. The van der Waals surface area contributed by atoms with E-state index in [-0.39, 0.29) is 0 Å². The van der Waals surface area contributed by atoms with Crippen molar-refractivity contribution in [3.8, 4) is 0 Å². The van der Waals surface area contributed by atoms with E-state index in [0.29, 0.717) is 0 Å².